The van der Waals surface area contributed by atoms with Crippen LogP contribution in [-0.2, 0) is 6.54 Å². The second-order valence-corrected chi connectivity index (χ2v) is 4.58. The Morgan fingerprint density at radius 1 is 1.15 bits per heavy atom. The zero-order valence-electron chi connectivity index (χ0n) is 11.6. The molecule has 0 radical (unpaired) electrons. The van der Waals surface area contributed by atoms with Crippen LogP contribution >= 0.6 is 0 Å². The fourth-order valence-corrected chi connectivity index (χ4v) is 2.03. The monoisotopic (exact) mass is 272 g/mol. The molecule has 0 aromatic heterocycles. The summed E-state index contributed by atoms with van der Waals surface area (Å²) < 4.78 is 12.9. The van der Waals surface area contributed by atoms with Crippen LogP contribution in [0.4, 0.5) is 10.1 Å². The van der Waals surface area contributed by atoms with Crippen molar-refractivity contribution >= 4 is 11.6 Å². The van der Waals surface area contributed by atoms with Crippen molar-refractivity contribution in [3.05, 3.63) is 65.5 Å². The Bertz CT molecular complexity index is 596. The van der Waals surface area contributed by atoms with Crippen LogP contribution in [0.3, 0.4) is 0 Å². The first kappa shape index (κ1) is 14.1. The van der Waals surface area contributed by atoms with Gasteiger partial charge in [0, 0.05) is 26.3 Å². The zero-order chi connectivity index (χ0) is 14.5. The normalized spacial score (nSPS) is 10.2. The van der Waals surface area contributed by atoms with E-state index in [1.807, 2.05) is 18.2 Å². The van der Waals surface area contributed by atoms with Crippen LogP contribution in [0.5, 0.6) is 0 Å². The van der Waals surface area contributed by atoms with Crippen molar-refractivity contribution in [2.75, 3.05) is 19.4 Å². The molecule has 1 N–H and O–H groups in total. The summed E-state index contributed by atoms with van der Waals surface area (Å²) in [6.45, 7) is 0.442. The van der Waals surface area contributed by atoms with E-state index in [1.54, 1.807) is 37.2 Å². The molecule has 2 rings (SSSR count). The molecular weight excluding hydrogens is 255 g/mol. The lowest BCUT2D eigenvalue weighted by atomic mass is 10.1. The van der Waals surface area contributed by atoms with Crippen molar-refractivity contribution < 1.29 is 9.18 Å². The molecule has 0 saturated heterocycles. The maximum atomic E-state index is 12.9. The molecule has 0 aliphatic heterocycles. The largest absolute Gasteiger partial charge is 0.387 e. The van der Waals surface area contributed by atoms with Gasteiger partial charge in [-0.3, -0.25) is 4.79 Å². The molecule has 0 unspecified atom stereocenters. The number of nitrogens with zero attached hydrogens (tertiary/aromatic N) is 1. The molecule has 0 heterocycles. The minimum Gasteiger partial charge on any atom is -0.387 e. The van der Waals surface area contributed by atoms with Gasteiger partial charge < -0.3 is 10.2 Å². The number of hydrogen-bond acceptors (Lipinski definition) is 2. The van der Waals surface area contributed by atoms with Gasteiger partial charge in [0.2, 0.25) is 0 Å². The van der Waals surface area contributed by atoms with E-state index in [0.717, 1.165) is 11.3 Å². The van der Waals surface area contributed by atoms with Crippen molar-refractivity contribution in [2.45, 2.75) is 6.54 Å². The number of carbonyl (C=O) groups excluding carboxylic acids is 1. The number of nitrogens with one attached hydrogen (secondary N) is 1. The van der Waals surface area contributed by atoms with Gasteiger partial charge >= 0.3 is 0 Å². The van der Waals surface area contributed by atoms with Crippen LogP contribution in [0, 0.1) is 5.82 Å². The number of anilines is 1. The molecule has 1 amide bonds. The molecule has 4 heteroatoms. The van der Waals surface area contributed by atoms with E-state index in [4.69, 9.17) is 0 Å². The van der Waals surface area contributed by atoms with Gasteiger partial charge in [-0.25, -0.2) is 4.39 Å². The summed E-state index contributed by atoms with van der Waals surface area (Å²) >= 11 is 0. The number of carbonyl (C=O) groups is 1. The predicted octanol–water partition coefficient (Wildman–Crippen LogP) is 3.14. The third kappa shape index (κ3) is 3.15. The first-order valence-corrected chi connectivity index (χ1v) is 6.38. The van der Waals surface area contributed by atoms with Crippen LogP contribution < -0.4 is 5.32 Å². The van der Waals surface area contributed by atoms with Gasteiger partial charge in [-0.05, 0) is 29.8 Å². The molecule has 104 valence electrons. The lowest BCUT2D eigenvalue weighted by Gasteiger charge is -2.19. The molecular formula is C16H17FN2O. The number of halogens is 1. The highest BCUT2D eigenvalue weighted by Crippen LogP contribution is 2.17. The van der Waals surface area contributed by atoms with Crippen molar-refractivity contribution in [1.82, 2.24) is 4.90 Å². The molecule has 0 aliphatic rings. The third-order valence-corrected chi connectivity index (χ3v) is 3.11. The average molecular weight is 272 g/mol. The Hall–Kier alpha value is -2.36. The van der Waals surface area contributed by atoms with E-state index in [-0.39, 0.29) is 11.7 Å². The summed E-state index contributed by atoms with van der Waals surface area (Å²) in [5.74, 6) is -0.345. The summed E-state index contributed by atoms with van der Waals surface area (Å²) in [5.41, 5.74) is 2.31. The molecule has 0 atom stereocenters. The zero-order valence-corrected chi connectivity index (χ0v) is 11.6. The maximum Gasteiger partial charge on any atom is 0.255 e. The summed E-state index contributed by atoms with van der Waals surface area (Å²) in [6.07, 6.45) is 0. The maximum absolute atomic E-state index is 12.9. The lowest BCUT2D eigenvalue weighted by Crippen LogP contribution is -2.26. The van der Waals surface area contributed by atoms with Gasteiger partial charge in [0.15, 0.2) is 0 Å². The van der Waals surface area contributed by atoms with Gasteiger partial charge in [-0.2, -0.15) is 0 Å². The Balaban J connectivity index is 2.14. The fraction of sp³-hybridized carbons (Fsp3) is 0.188. The number of para-hydroxylation sites is 1. The summed E-state index contributed by atoms with van der Waals surface area (Å²) in [5, 5.41) is 3.01. The number of benzene rings is 2. The quantitative estimate of drug-likeness (QED) is 0.927. The molecule has 20 heavy (non-hydrogen) atoms. The van der Waals surface area contributed by atoms with E-state index in [9.17, 15) is 9.18 Å². The fourth-order valence-electron chi connectivity index (χ4n) is 2.03. The van der Waals surface area contributed by atoms with Crippen molar-refractivity contribution in [2.24, 2.45) is 0 Å². The number of amides is 1. The van der Waals surface area contributed by atoms with Crippen molar-refractivity contribution in [3.63, 3.8) is 0 Å². The van der Waals surface area contributed by atoms with Crippen LogP contribution in [-0.4, -0.2) is 24.9 Å². The van der Waals surface area contributed by atoms with Crippen LogP contribution in [0.15, 0.2) is 48.5 Å². The average Bonchev–Trinajstić information content (AvgIpc) is 2.48. The second kappa shape index (κ2) is 6.19. The molecule has 2 aromatic rings. The van der Waals surface area contributed by atoms with Gasteiger partial charge in [0.1, 0.15) is 5.82 Å². The van der Waals surface area contributed by atoms with E-state index in [1.165, 1.54) is 12.1 Å². The van der Waals surface area contributed by atoms with E-state index in [2.05, 4.69) is 5.32 Å². The highest BCUT2D eigenvalue weighted by Gasteiger charge is 2.15. The first-order chi connectivity index (χ1) is 9.61. The molecule has 0 aliphatic carbocycles. The van der Waals surface area contributed by atoms with E-state index in [0.29, 0.717) is 12.1 Å². The third-order valence-electron chi connectivity index (χ3n) is 3.11. The number of hydrogen-bond donors (Lipinski definition) is 1. The second-order valence-electron chi connectivity index (χ2n) is 4.58. The van der Waals surface area contributed by atoms with Gasteiger partial charge in [-0.15, -0.1) is 0 Å². The van der Waals surface area contributed by atoms with Crippen molar-refractivity contribution in [1.29, 1.82) is 0 Å². The topological polar surface area (TPSA) is 32.3 Å². The van der Waals surface area contributed by atoms with Crippen LogP contribution in [0.1, 0.15) is 15.9 Å². The highest BCUT2D eigenvalue weighted by atomic mass is 19.1. The van der Waals surface area contributed by atoms with Crippen LogP contribution in [0.2, 0.25) is 0 Å². The van der Waals surface area contributed by atoms with Crippen LogP contribution in [0.25, 0.3) is 0 Å². The van der Waals surface area contributed by atoms with E-state index < -0.39 is 0 Å². The first-order valence-electron chi connectivity index (χ1n) is 6.38. The highest BCUT2D eigenvalue weighted by molar-refractivity contribution is 5.99. The Morgan fingerprint density at radius 3 is 2.45 bits per heavy atom. The summed E-state index contributed by atoms with van der Waals surface area (Å²) in [7, 11) is 3.52. The minimum atomic E-state index is -0.275. The molecule has 0 spiro atoms. The SMILES string of the molecule is CNc1ccccc1C(=O)N(C)Cc1ccc(F)cc1. The lowest BCUT2D eigenvalue weighted by molar-refractivity contribution is 0.0786. The molecule has 3 nitrogen and oxygen atoms in total. The minimum absolute atomic E-state index is 0.0701. The van der Waals surface area contributed by atoms with Gasteiger partial charge in [-0.1, -0.05) is 24.3 Å². The Morgan fingerprint density at radius 2 is 1.80 bits per heavy atom. The Kier molecular flexibility index (Phi) is 4.35. The smallest absolute Gasteiger partial charge is 0.255 e. The standard InChI is InChI=1S/C16H17FN2O/c1-18-15-6-4-3-5-14(15)16(20)19(2)11-12-7-9-13(17)10-8-12/h3-10,18H,11H2,1-2H3. The predicted molar refractivity (Wildman–Crippen MR) is 78.2 cm³/mol. The van der Waals surface area contributed by atoms with Gasteiger partial charge in [0.25, 0.3) is 5.91 Å². The summed E-state index contributed by atoms with van der Waals surface area (Å²) in [4.78, 5) is 14.0. The van der Waals surface area contributed by atoms with Gasteiger partial charge in [0.05, 0.1) is 5.56 Å². The Labute approximate surface area is 118 Å². The molecule has 0 saturated carbocycles. The summed E-state index contributed by atoms with van der Waals surface area (Å²) in [6, 6.07) is 13.5. The molecule has 0 bridgehead atoms. The molecule has 2 aromatic carbocycles. The van der Waals surface area contributed by atoms with E-state index >= 15 is 0 Å². The molecule has 0 fully saturated rings. The number of rotatable bonds is 4. The van der Waals surface area contributed by atoms with Crippen molar-refractivity contribution in [3.8, 4) is 0 Å².